The third-order valence-corrected chi connectivity index (χ3v) is 5.98. The first-order chi connectivity index (χ1) is 13.2. The quantitative estimate of drug-likeness (QED) is 0.823. The Balaban J connectivity index is 1.67. The molecule has 2 aromatic rings. The maximum Gasteiger partial charge on any atom is 0.410 e. The molecule has 2 unspecified atom stereocenters. The minimum Gasteiger partial charge on any atom is -0.496 e. The second kappa shape index (κ2) is 6.66. The van der Waals surface area contributed by atoms with Crippen molar-refractivity contribution in [2.24, 2.45) is 0 Å². The minimum absolute atomic E-state index is 0.000496. The van der Waals surface area contributed by atoms with Crippen molar-refractivity contribution in [1.29, 1.82) is 0 Å². The summed E-state index contributed by atoms with van der Waals surface area (Å²) in [4.78, 5) is 14.6. The molecule has 0 radical (unpaired) electrons. The lowest BCUT2D eigenvalue weighted by molar-refractivity contribution is -0.0616. The van der Waals surface area contributed by atoms with Gasteiger partial charge < -0.3 is 19.5 Å². The molecule has 5 heteroatoms. The molecule has 2 fully saturated rings. The van der Waals surface area contributed by atoms with Crippen LogP contribution in [0.3, 0.4) is 0 Å². The van der Waals surface area contributed by atoms with Crippen LogP contribution in [-0.4, -0.2) is 40.9 Å². The molecule has 0 saturated carbocycles. The summed E-state index contributed by atoms with van der Waals surface area (Å²) in [6.45, 7) is 5.66. The van der Waals surface area contributed by atoms with Gasteiger partial charge in [-0.1, -0.05) is 30.3 Å². The van der Waals surface area contributed by atoms with Gasteiger partial charge in [0.2, 0.25) is 0 Å². The van der Waals surface area contributed by atoms with Crippen LogP contribution in [0.15, 0.2) is 36.4 Å². The van der Waals surface area contributed by atoms with E-state index in [1.807, 2.05) is 62.1 Å². The van der Waals surface area contributed by atoms with Crippen LogP contribution in [0.2, 0.25) is 0 Å². The number of rotatable bonds is 2. The number of aliphatic hydroxyl groups is 1. The zero-order valence-electron chi connectivity index (χ0n) is 17.1. The van der Waals surface area contributed by atoms with Gasteiger partial charge in [-0.2, -0.15) is 0 Å². The molecule has 0 aliphatic carbocycles. The van der Waals surface area contributed by atoms with Gasteiger partial charge in [-0.25, -0.2) is 4.79 Å². The largest absolute Gasteiger partial charge is 0.496 e. The molecule has 28 heavy (non-hydrogen) atoms. The van der Waals surface area contributed by atoms with Gasteiger partial charge in [-0.05, 0) is 50.6 Å². The number of ether oxygens (including phenoxy) is 2. The van der Waals surface area contributed by atoms with E-state index in [9.17, 15) is 9.90 Å². The Hall–Kier alpha value is -2.27. The highest BCUT2D eigenvalue weighted by Crippen LogP contribution is 2.48. The van der Waals surface area contributed by atoms with Crippen LogP contribution in [0.4, 0.5) is 4.79 Å². The summed E-state index contributed by atoms with van der Waals surface area (Å²) >= 11 is 0. The van der Waals surface area contributed by atoms with Gasteiger partial charge in [-0.3, -0.25) is 0 Å². The Labute approximate surface area is 166 Å². The Kier molecular flexibility index (Phi) is 4.53. The number of methoxy groups -OCH3 is 1. The van der Waals surface area contributed by atoms with E-state index in [2.05, 4.69) is 0 Å². The molecule has 2 aromatic carbocycles. The molecule has 1 N–H and O–H groups in total. The molecule has 2 heterocycles. The molecule has 5 nitrogen and oxygen atoms in total. The summed E-state index contributed by atoms with van der Waals surface area (Å²) in [5.74, 6) is 0.803. The molecule has 150 valence electrons. The number of piperidine rings is 1. The Bertz CT molecular complexity index is 887. The van der Waals surface area contributed by atoms with Gasteiger partial charge in [0.05, 0.1) is 12.7 Å². The standard InChI is InChI=1S/C23H29NO4/c1-22(2,3)28-21(25)24-15-9-10-16(24)14-23(26,13-15)19-11-12-20(27-4)18-8-6-5-7-17(18)19/h5-8,11-12,15-16,26H,9-10,13-14H2,1-4H3. The number of carbonyl (C=O) groups is 1. The van der Waals surface area contributed by atoms with Crippen LogP contribution in [0.1, 0.15) is 52.0 Å². The summed E-state index contributed by atoms with van der Waals surface area (Å²) < 4.78 is 11.1. The first kappa shape index (κ1) is 19.1. The monoisotopic (exact) mass is 383 g/mol. The van der Waals surface area contributed by atoms with Crippen LogP contribution in [0.25, 0.3) is 10.8 Å². The fourth-order valence-corrected chi connectivity index (χ4v) is 4.91. The zero-order chi connectivity index (χ0) is 20.1. The van der Waals surface area contributed by atoms with Gasteiger partial charge in [0.25, 0.3) is 0 Å². The molecule has 2 saturated heterocycles. The van der Waals surface area contributed by atoms with Crippen LogP contribution in [-0.2, 0) is 10.3 Å². The fraction of sp³-hybridized carbons (Fsp3) is 0.522. The molecule has 2 aliphatic heterocycles. The average Bonchev–Trinajstić information content (AvgIpc) is 2.92. The summed E-state index contributed by atoms with van der Waals surface area (Å²) in [5.41, 5.74) is -0.559. The zero-order valence-corrected chi connectivity index (χ0v) is 17.1. The second-order valence-corrected chi connectivity index (χ2v) is 9.07. The van der Waals surface area contributed by atoms with Crippen LogP contribution >= 0.6 is 0 Å². The van der Waals surface area contributed by atoms with Crippen molar-refractivity contribution in [2.75, 3.05) is 7.11 Å². The average molecular weight is 383 g/mol. The minimum atomic E-state index is -0.962. The molecule has 0 spiro atoms. The van der Waals surface area contributed by atoms with Gasteiger partial charge in [0, 0.05) is 30.3 Å². The Morgan fingerprint density at radius 2 is 1.68 bits per heavy atom. The van der Waals surface area contributed by atoms with Gasteiger partial charge in [0.1, 0.15) is 11.4 Å². The maximum absolute atomic E-state index is 12.7. The number of hydrogen-bond donors (Lipinski definition) is 1. The molecular formula is C23H29NO4. The lowest BCUT2D eigenvalue weighted by Gasteiger charge is -2.44. The van der Waals surface area contributed by atoms with Crippen molar-refractivity contribution < 1.29 is 19.4 Å². The van der Waals surface area contributed by atoms with Crippen LogP contribution < -0.4 is 4.74 Å². The van der Waals surface area contributed by atoms with Gasteiger partial charge >= 0.3 is 6.09 Å². The van der Waals surface area contributed by atoms with E-state index in [4.69, 9.17) is 9.47 Å². The van der Waals surface area contributed by atoms with E-state index in [1.165, 1.54) is 0 Å². The lowest BCUT2D eigenvalue weighted by Crippen LogP contribution is -2.53. The normalized spacial score (nSPS) is 27.1. The number of hydrogen-bond acceptors (Lipinski definition) is 4. The lowest BCUT2D eigenvalue weighted by atomic mass is 9.78. The predicted octanol–water partition coefficient (Wildman–Crippen LogP) is 4.60. The Morgan fingerprint density at radius 3 is 2.25 bits per heavy atom. The van der Waals surface area contributed by atoms with Crippen molar-refractivity contribution >= 4 is 16.9 Å². The predicted molar refractivity (Wildman–Crippen MR) is 109 cm³/mol. The third-order valence-electron chi connectivity index (χ3n) is 5.98. The number of amides is 1. The van der Waals surface area contributed by atoms with E-state index in [0.717, 1.165) is 34.9 Å². The number of benzene rings is 2. The SMILES string of the molecule is COc1ccc(C2(O)CC3CCC(C2)N3C(=O)OC(C)(C)C)c2ccccc12. The summed E-state index contributed by atoms with van der Waals surface area (Å²) in [5, 5.41) is 13.7. The van der Waals surface area contributed by atoms with E-state index in [-0.39, 0.29) is 18.2 Å². The number of fused-ring (bicyclic) bond motifs is 3. The van der Waals surface area contributed by atoms with Crippen molar-refractivity contribution in [3.63, 3.8) is 0 Å². The van der Waals surface area contributed by atoms with E-state index in [0.29, 0.717) is 12.8 Å². The molecule has 0 aromatic heterocycles. The third kappa shape index (κ3) is 3.22. The first-order valence-electron chi connectivity index (χ1n) is 10.0. The summed E-state index contributed by atoms with van der Waals surface area (Å²) in [6, 6.07) is 11.9. The van der Waals surface area contributed by atoms with E-state index < -0.39 is 11.2 Å². The molecular weight excluding hydrogens is 354 g/mol. The van der Waals surface area contributed by atoms with Crippen LogP contribution in [0, 0.1) is 0 Å². The number of nitrogens with zero attached hydrogens (tertiary/aromatic N) is 1. The molecule has 2 bridgehead atoms. The van der Waals surface area contributed by atoms with E-state index >= 15 is 0 Å². The summed E-state index contributed by atoms with van der Waals surface area (Å²) in [7, 11) is 1.66. The smallest absolute Gasteiger partial charge is 0.410 e. The first-order valence-corrected chi connectivity index (χ1v) is 10.0. The summed E-state index contributed by atoms with van der Waals surface area (Å²) in [6.07, 6.45) is 2.60. The topological polar surface area (TPSA) is 59.0 Å². The molecule has 1 amide bonds. The van der Waals surface area contributed by atoms with Crippen molar-refractivity contribution in [1.82, 2.24) is 4.90 Å². The highest BCUT2D eigenvalue weighted by Gasteiger charge is 2.51. The van der Waals surface area contributed by atoms with E-state index in [1.54, 1.807) is 7.11 Å². The molecule has 2 aliphatic rings. The van der Waals surface area contributed by atoms with Crippen molar-refractivity contribution in [2.45, 2.75) is 69.7 Å². The fourth-order valence-electron chi connectivity index (χ4n) is 4.91. The van der Waals surface area contributed by atoms with Gasteiger partial charge in [0.15, 0.2) is 0 Å². The van der Waals surface area contributed by atoms with Crippen LogP contribution in [0.5, 0.6) is 5.75 Å². The maximum atomic E-state index is 12.7. The highest BCUT2D eigenvalue weighted by atomic mass is 16.6. The second-order valence-electron chi connectivity index (χ2n) is 9.07. The number of carbonyl (C=O) groups excluding carboxylic acids is 1. The van der Waals surface area contributed by atoms with Crippen molar-refractivity contribution in [3.8, 4) is 5.75 Å². The molecule has 4 rings (SSSR count). The van der Waals surface area contributed by atoms with Gasteiger partial charge in [-0.15, -0.1) is 0 Å². The Morgan fingerprint density at radius 1 is 1.07 bits per heavy atom. The highest BCUT2D eigenvalue weighted by molar-refractivity contribution is 5.91. The molecule has 2 atom stereocenters. The van der Waals surface area contributed by atoms with Crippen molar-refractivity contribution in [3.05, 3.63) is 42.0 Å².